The van der Waals surface area contributed by atoms with Gasteiger partial charge in [-0.3, -0.25) is 4.79 Å². The number of hydrogen-bond donors (Lipinski definition) is 0. The van der Waals surface area contributed by atoms with E-state index in [0.717, 1.165) is 43.7 Å². The average Bonchev–Trinajstić information content (AvgIpc) is 3.39. The Kier molecular flexibility index (Phi) is 4.81. The molecule has 1 amide bonds. The smallest absolute Gasteiger partial charge is 0.222 e. The number of piperidine rings is 1. The van der Waals surface area contributed by atoms with E-state index >= 15 is 0 Å². The molecule has 1 aliphatic carbocycles. The molecule has 3 nitrogen and oxygen atoms in total. The lowest BCUT2D eigenvalue weighted by atomic mass is 10.0. The Labute approximate surface area is 133 Å². The molecule has 2 fully saturated rings. The van der Waals surface area contributed by atoms with Gasteiger partial charge in [0.2, 0.25) is 5.91 Å². The summed E-state index contributed by atoms with van der Waals surface area (Å²) >= 11 is 0. The molecule has 0 aromatic heterocycles. The Morgan fingerprint density at radius 3 is 2.45 bits per heavy atom. The van der Waals surface area contributed by atoms with E-state index < -0.39 is 0 Å². The summed E-state index contributed by atoms with van der Waals surface area (Å²) in [7, 11) is 0. The zero-order chi connectivity index (χ0) is 15.4. The van der Waals surface area contributed by atoms with Crippen LogP contribution >= 0.6 is 0 Å². The SMILES string of the molecule is CCOc1ccccc1CCC(=O)N1CCC(=C2CC2)CC1. The number of nitrogens with zero attached hydrogens (tertiary/aromatic N) is 1. The number of rotatable bonds is 5. The lowest BCUT2D eigenvalue weighted by Crippen LogP contribution is -2.36. The highest BCUT2D eigenvalue weighted by molar-refractivity contribution is 5.76. The van der Waals surface area contributed by atoms with Crippen molar-refractivity contribution < 1.29 is 9.53 Å². The summed E-state index contributed by atoms with van der Waals surface area (Å²) < 4.78 is 5.63. The van der Waals surface area contributed by atoms with Crippen molar-refractivity contribution in [2.45, 2.75) is 45.4 Å². The van der Waals surface area contributed by atoms with Crippen molar-refractivity contribution in [2.75, 3.05) is 19.7 Å². The first-order valence-corrected chi connectivity index (χ1v) is 8.46. The van der Waals surface area contributed by atoms with Crippen LogP contribution in [0.3, 0.4) is 0 Å². The number of hydrogen-bond acceptors (Lipinski definition) is 2. The largest absolute Gasteiger partial charge is 0.494 e. The van der Waals surface area contributed by atoms with Crippen molar-refractivity contribution in [3.05, 3.63) is 41.0 Å². The fourth-order valence-corrected chi connectivity index (χ4v) is 3.20. The third-order valence-electron chi connectivity index (χ3n) is 4.60. The summed E-state index contributed by atoms with van der Waals surface area (Å²) in [6, 6.07) is 8.04. The van der Waals surface area contributed by atoms with Crippen molar-refractivity contribution in [3.8, 4) is 5.75 Å². The van der Waals surface area contributed by atoms with Crippen LogP contribution in [0.4, 0.5) is 0 Å². The summed E-state index contributed by atoms with van der Waals surface area (Å²) in [6.07, 6.45) is 6.14. The fraction of sp³-hybridized carbons (Fsp3) is 0.526. The Balaban J connectivity index is 1.51. The molecule has 1 heterocycles. The van der Waals surface area contributed by atoms with Gasteiger partial charge in [-0.25, -0.2) is 0 Å². The summed E-state index contributed by atoms with van der Waals surface area (Å²) in [6.45, 7) is 4.46. The molecule has 0 radical (unpaired) electrons. The quantitative estimate of drug-likeness (QED) is 0.775. The maximum atomic E-state index is 12.4. The topological polar surface area (TPSA) is 29.5 Å². The van der Waals surface area contributed by atoms with E-state index in [4.69, 9.17) is 4.74 Å². The molecule has 0 N–H and O–H groups in total. The van der Waals surface area contributed by atoms with Crippen LogP contribution in [-0.2, 0) is 11.2 Å². The van der Waals surface area contributed by atoms with Gasteiger partial charge in [-0.2, -0.15) is 0 Å². The maximum Gasteiger partial charge on any atom is 0.222 e. The molecular weight excluding hydrogens is 274 g/mol. The first kappa shape index (κ1) is 15.1. The van der Waals surface area contributed by atoms with Crippen LogP contribution in [0, 0.1) is 0 Å². The van der Waals surface area contributed by atoms with Crippen molar-refractivity contribution >= 4 is 5.91 Å². The van der Waals surface area contributed by atoms with Gasteiger partial charge in [-0.05, 0) is 50.7 Å². The summed E-state index contributed by atoms with van der Waals surface area (Å²) in [5.74, 6) is 1.20. The van der Waals surface area contributed by atoms with Crippen molar-refractivity contribution in [3.63, 3.8) is 0 Å². The Morgan fingerprint density at radius 2 is 1.77 bits per heavy atom. The molecule has 0 spiro atoms. The number of benzene rings is 1. The monoisotopic (exact) mass is 299 g/mol. The molecule has 1 aliphatic heterocycles. The maximum absolute atomic E-state index is 12.4. The van der Waals surface area contributed by atoms with Crippen molar-refractivity contribution in [1.29, 1.82) is 0 Å². The molecular formula is C19H25NO2. The van der Waals surface area contributed by atoms with E-state index in [2.05, 4.69) is 6.07 Å². The second-order valence-corrected chi connectivity index (χ2v) is 6.13. The highest BCUT2D eigenvalue weighted by Gasteiger charge is 2.24. The summed E-state index contributed by atoms with van der Waals surface area (Å²) in [5, 5.41) is 0. The van der Waals surface area contributed by atoms with Crippen molar-refractivity contribution in [2.24, 2.45) is 0 Å². The van der Waals surface area contributed by atoms with E-state index in [1.807, 2.05) is 30.0 Å². The first-order valence-electron chi connectivity index (χ1n) is 8.46. The highest BCUT2D eigenvalue weighted by Crippen LogP contribution is 2.36. The van der Waals surface area contributed by atoms with Gasteiger partial charge in [-0.15, -0.1) is 0 Å². The van der Waals surface area contributed by atoms with E-state index in [-0.39, 0.29) is 5.91 Å². The van der Waals surface area contributed by atoms with Crippen LogP contribution in [-0.4, -0.2) is 30.5 Å². The number of allylic oxidation sites excluding steroid dienone is 1. The molecule has 118 valence electrons. The first-order chi connectivity index (χ1) is 10.8. The lowest BCUT2D eigenvalue weighted by molar-refractivity contribution is -0.131. The van der Waals surface area contributed by atoms with Crippen LogP contribution in [0.25, 0.3) is 0 Å². The molecule has 0 bridgehead atoms. The molecule has 3 rings (SSSR count). The normalized spacial score (nSPS) is 17.6. The Morgan fingerprint density at radius 1 is 1.09 bits per heavy atom. The van der Waals surface area contributed by atoms with Gasteiger partial charge >= 0.3 is 0 Å². The molecule has 3 heteroatoms. The van der Waals surface area contributed by atoms with Gasteiger partial charge in [-0.1, -0.05) is 29.3 Å². The standard InChI is InChI=1S/C19H25NO2/c1-2-22-18-6-4-3-5-17(18)9-10-19(21)20-13-11-16(12-14-20)15-7-8-15/h3-6H,2,7-14H2,1H3. The second kappa shape index (κ2) is 6.99. The number of para-hydroxylation sites is 1. The van der Waals surface area contributed by atoms with Gasteiger partial charge in [0.15, 0.2) is 0 Å². The third-order valence-corrected chi connectivity index (χ3v) is 4.60. The number of carbonyl (C=O) groups excluding carboxylic acids is 1. The Hall–Kier alpha value is -1.77. The molecule has 0 unspecified atom stereocenters. The fourth-order valence-electron chi connectivity index (χ4n) is 3.20. The summed E-state index contributed by atoms with van der Waals surface area (Å²) in [5.41, 5.74) is 4.43. The molecule has 1 saturated carbocycles. The minimum absolute atomic E-state index is 0.283. The van der Waals surface area contributed by atoms with E-state index in [1.54, 1.807) is 11.1 Å². The van der Waals surface area contributed by atoms with Gasteiger partial charge in [0.1, 0.15) is 5.75 Å². The molecule has 1 saturated heterocycles. The number of carbonyl (C=O) groups is 1. The molecule has 1 aromatic carbocycles. The number of likely N-dealkylation sites (tertiary alicyclic amines) is 1. The average molecular weight is 299 g/mol. The molecule has 1 aromatic rings. The van der Waals surface area contributed by atoms with E-state index in [0.29, 0.717) is 13.0 Å². The predicted molar refractivity (Wildman–Crippen MR) is 88.0 cm³/mol. The minimum Gasteiger partial charge on any atom is -0.494 e. The summed E-state index contributed by atoms with van der Waals surface area (Å²) in [4.78, 5) is 14.4. The lowest BCUT2D eigenvalue weighted by Gasteiger charge is -2.28. The Bertz CT molecular complexity index is 561. The van der Waals surface area contributed by atoms with E-state index in [1.165, 1.54) is 12.8 Å². The zero-order valence-electron chi connectivity index (χ0n) is 13.4. The van der Waals surface area contributed by atoms with Gasteiger partial charge in [0, 0.05) is 19.5 Å². The van der Waals surface area contributed by atoms with Gasteiger partial charge < -0.3 is 9.64 Å². The van der Waals surface area contributed by atoms with Crippen LogP contribution in [0.15, 0.2) is 35.4 Å². The third kappa shape index (κ3) is 3.70. The van der Waals surface area contributed by atoms with Crippen molar-refractivity contribution in [1.82, 2.24) is 4.90 Å². The van der Waals surface area contributed by atoms with Crippen LogP contribution in [0.2, 0.25) is 0 Å². The van der Waals surface area contributed by atoms with Crippen LogP contribution in [0.5, 0.6) is 5.75 Å². The molecule has 2 aliphatic rings. The zero-order valence-corrected chi connectivity index (χ0v) is 13.4. The predicted octanol–water partition coefficient (Wildman–Crippen LogP) is 3.73. The number of aryl methyl sites for hydroxylation is 1. The van der Waals surface area contributed by atoms with Crippen LogP contribution in [0.1, 0.15) is 44.6 Å². The van der Waals surface area contributed by atoms with Gasteiger partial charge in [0.05, 0.1) is 6.61 Å². The number of ether oxygens (including phenoxy) is 1. The molecule has 22 heavy (non-hydrogen) atoms. The molecule has 0 atom stereocenters. The highest BCUT2D eigenvalue weighted by atomic mass is 16.5. The second-order valence-electron chi connectivity index (χ2n) is 6.13. The van der Waals surface area contributed by atoms with E-state index in [9.17, 15) is 4.79 Å². The minimum atomic E-state index is 0.283. The number of amides is 1. The van der Waals surface area contributed by atoms with Crippen LogP contribution < -0.4 is 4.74 Å². The van der Waals surface area contributed by atoms with Gasteiger partial charge in [0.25, 0.3) is 0 Å².